The summed E-state index contributed by atoms with van der Waals surface area (Å²) < 4.78 is 0. The second-order valence-corrected chi connectivity index (χ2v) is 8.24. The minimum atomic E-state index is 0.178. The molecule has 0 radical (unpaired) electrons. The van der Waals surface area contributed by atoms with Gasteiger partial charge in [0.2, 0.25) is 0 Å². The van der Waals surface area contributed by atoms with Gasteiger partial charge in [0.1, 0.15) is 5.75 Å². The van der Waals surface area contributed by atoms with Crippen LogP contribution in [0.25, 0.3) is 0 Å². The molecule has 2 fully saturated rings. The Labute approximate surface area is 163 Å². The summed E-state index contributed by atoms with van der Waals surface area (Å²) in [5.41, 5.74) is 2.94. The lowest BCUT2D eigenvalue weighted by Crippen LogP contribution is -2.58. The second kappa shape index (κ2) is 7.90. The molecule has 2 aromatic carbocycles. The van der Waals surface area contributed by atoms with E-state index in [-0.39, 0.29) is 5.41 Å². The van der Waals surface area contributed by atoms with Crippen molar-refractivity contribution in [2.75, 3.05) is 13.1 Å². The Morgan fingerprint density at radius 1 is 1.11 bits per heavy atom. The van der Waals surface area contributed by atoms with Gasteiger partial charge in [-0.05, 0) is 62.4 Å². The van der Waals surface area contributed by atoms with Crippen LogP contribution in [0.1, 0.15) is 43.7 Å². The third-order valence-corrected chi connectivity index (χ3v) is 6.84. The van der Waals surface area contributed by atoms with Crippen molar-refractivity contribution in [3.05, 3.63) is 77.9 Å². The number of phenolic OH excluding ortho intramolecular Hbond substituents is 1. The van der Waals surface area contributed by atoms with Crippen LogP contribution in [0.15, 0.2) is 66.7 Å². The maximum Gasteiger partial charge on any atom is 0.115 e. The Kier molecular flexibility index (Phi) is 5.36. The third kappa shape index (κ3) is 3.55. The minimum Gasteiger partial charge on any atom is -0.508 e. The topological polar surface area (TPSA) is 23.5 Å². The van der Waals surface area contributed by atoms with Crippen LogP contribution in [0.5, 0.6) is 5.75 Å². The molecule has 1 heterocycles. The maximum absolute atomic E-state index is 10.1. The van der Waals surface area contributed by atoms with E-state index in [1.807, 2.05) is 12.1 Å². The van der Waals surface area contributed by atoms with Gasteiger partial charge in [-0.15, -0.1) is 0 Å². The number of fused-ring (bicyclic) bond motifs is 2. The van der Waals surface area contributed by atoms with E-state index in [4.69, 9.17) is 0 Å². The molecule has 1 saturated heterocycles. The van der Waals surface area contributed by atoms with Crippen LogP contribution in [-0.4, -0.2) is 29.1 Å². The van der Waals surface area contributed by atoms with Crippen LogP contribution in [0.4, 0.5) is 0 Å². The van der Waals surface area contributed by atoms with Crippen LogP contribution >= 0.6 is 0 Å². The molecule has 1 aliphatic carbocycles. The van der Waals surface area contributed by atoms with Gasteiger partial charge >= 0.3 is 0 Å². The Morgan fingerprint density at radius 3 is 2.74 bits per heavy atom. The standard InChI is InChI=1S/C25H31NO/c1-2-8-23-24-13-7-15-25(23,21-11-6-12-22(27)19-21)16-18-26(24)17-14-20-9-4-3-5-10-20/h2-6,8-12,19,23-24,27H,7,13-18H2,1H3/b8-2+/t23-,24+,25-/m0/s1. The molecule has 2 aromatic rings. The number of rotatable bonds is 5. The second-order valence-electron chi connectivity index (χ2n) is 8.24. The van der Waals surface area contributed by atoms with E-state index < -0.39 is 0 Å². The van der Waals surface area contributed by atoms with E-state index in [0.717, 1.165) is 19.5 Å². The molecule has 1 N–H and O–H groups in total. The smallest absolute Gasteiger partial charge is 0.115 e. The Balaban J connectivity index is 1.59. The largest absolute Gasteiger partial charge is 0.508 e. The summed E-state index contributed by atoms with van der Waals surface area (Å²) in [6, 6.07) is 19.5. The molecule has 0 unspecified atom stereocenters. The van der Waals surface area contributed by atoms with Crippen molar-refractivity contribution in [2.45, 2.75) is 50.5 Å². The summed E-state index contributed by atoms with van der Waals surface area (Å²) in [5.74, 6) is 0.928. The van der Waals surface area contributed by atoms with Crippen LogP contribution in [-0.2, 0) is 11.8 Å². The van der Waals surface area contributed by atoms with E-state index in [2.05, 4.69) is 60.4 Å². The van der Waals surface area contributed by atoms with E-state index in [1.165, 1.54) is 36.8 Å². The molecule has 2 aliphatic rings. The molecule has 1 aliphatic heterocycles. The third-order valence-electron chi connectivity index (χ3n) is 6.84. The van der Waals surface area contributed by atoms with Crippen LogP contribution in [0.2, 0.25) is 0 Å². The Bertz CT molecular complexity index is 784. The highest BCUT2D eigenvalue weighted by atomic mass is 16.3. The number of allylic oxidation sites excluding steroid dienone is 1. The molecule has 2 nitrogen and oxygen atoms in total. The van der Waals surface area contributed by atoms with Crippen molar-refractivity contribution in [1.82, 2.24) is 4.90 Å². The van der Waals surface area contributed by atoms with E-state index >= 15 is 0 Å². The first-order valence-corrected chi connectivity index (χ1v) is 10.4. The fourth-order valence-electron chi connectivity index (χ4n) is 5.56. The number of likely N-dealkylation sites (tertiary alicyclic amines) is 1. The molecule has 0 amide bonds. The molecule has 0 spiro atoms. The number of aromatic hydroxyl groups is 1. The van der Waals surface area contributed by atoms with Crippen LogP contribution < -0.4 is 0 Å². The summed E-state index contributed by atoms with van der Waals surface area (Å²) >= 11 is 0. The summed E-state index contributed by atoms with van der Waals surface area (Å²) in [7, 11) is 0. The van der Waals surface area contributed by atoms with Crippen molar-refractivity contribution < 1.29 is 5.11 Å². The highest BCUT2D eigenvalue weighted by Gasteiger charge is 2.50. The first-order valence-electron chi connectivity index (χ1n) is 10.4. The molecule has 2 bridgehead atoms. The lowest BCUT2D eigenvalue weighted by atomic mass is 9.56. The van der Waals surface area contributed by atoms with Gasteiger partial charge in [-0.2, -0.15) is 0 Å². The number of piperidine rings is 1. The molecule has 3 atom stereocenters. The molecular weight excluding hydrogens is 330 g/mol. The SMILES string of the molecule is C/C=C/[C@H]1[C@H]2CCC[C@@]1(c1cccc(O)c1)CCN2CCc1ccccc1. The van der Waals surface area contributed by atoms with Crippen molar-refractivity contribution in [3.8, 4) is 5.75 Å². The first kappa shape index (κ1) is 18.3. The van der Waals surface area contributed by atoms with Crippen molar-refractivity contribution in [1.29, 1.82) is 0 Å². The molecule has 1 saturated carbocycles. The summed E-state index contributed by atoms with van der Waals surface area (Å²) in [5, 5.41) is 10.1. The molecule has 142 valence electrons. The molecule has 0 aromatic heterocycles. The highest BCUT2D eigenvalue weighted by molar-refractivity contribution is 5.37. The lowest BCUT2D eigenvalue weighted by molar-refractivity contribution is 0.0113. The first-order chi connectivity index (χ1) is 13.2. The predicted octanol–water partition coefficient (Wildman–Crippen LogP) is 5.32. The van der Waals surface area contributed by atoms with Crippen LogP contribution in [0.3, 0.4) is 0 Å². The molecule has 27 heavy (non-hydrogen) atoms. The normalized spacial score (nSPS) is 28.5. The minimum absolute atomic E-state index is 0.178. The van der Waals surface area contributed by atoms with Crippen molar-refractivity contribution in [3.63, 3.8) is 0 Å². The van der Waals surface area contributed by atoms with Crippen molar-refractivity contribution in [2.24, 2.45) is 5.92 Å². The maximum atomic E-state index is 10.1. The molecule has 4 rings (SSSR count). The number of benzene rings is 2. The van der Waals surface area contributed by atoms with E-state index in [0.29, 0.717) is 17.7 Å². The quantitative estimate of drug-likeness (QED) is 0.728. The average molecular weight is 362 g/mol. The zero-order valence-electron chi connectivity index (χ0n) is 16.3. The van der Waals surface area contributed by atoms with Gasteiger partial charge in [-0.1, -0.05) is 61.0 Å². The van der Waals surface area contributed by atoms with Gasteiger partial charge in [-0.3, -0.25) is 4.90 Å². The van der Waals surface area contributed by atoms with E-state index in [1.54, 1.807) is 6.07 Å². The summed E-state index contributed by atoms with van der Waals surface area (Å²) in [4.78, 5) is 2.73. The zero-order chi connectivity index (χ0) is 18.7. The number of nitrogens with zero attached hydrogens (tertiary/aromatic N) is 1. The van der Waals surface area contributed by atoms with Gasteiger partial charge in [0.15, 0.2) is 0 Å². The van der Waals surface area contributed by atoms with Gasteiger partial charge < -0.3 is 5.11 Å². The average Bonchev–Trinajstić information content (AvgIpc) is 2.69. The zero-order valence-corrected chi connectivity index (χ0v) is 16.3. The summed E-state index contributed by atoms with van der Waals surface area (Å²) in [6.45, 7) is 4.44. The molecule has 2 heteroatoms. The van der Waals surface area contributed by atoms with Gasteiger partial charge in [0.25, 0.3) is 0 Å². The fraction of sp³-hybridized carbons (Fsp3) is 0.440. The highest BCUT2D eigenvalue weighted by Crippen LogP contribution is 2.52. The van der Waals surface area contributed by atoms with Gasteiger partial charge in [0, 0.05) is 23.9 Å². The number of hydrogen-bond donors (Lipinski definition) is 1. The fourth-order valence-corrected chi connectivity index (χ4v) is 5.56. The predicted molar refractivity (Wildman–Crippen MR) is 112 cm³/mol. The van der Waals surface area contributed by atoms with Crippen molar-refractivity contribution >= 4 is 0 Å². The van der Waals surface area contributed by atoms with Crippen LogP contribution in [0, 0.1) is 5.92 Å². The van der Waals surface area contributed by atoms with Gasteiger partial charge in [-0.25, -0.2) is 0 Å². The number of hydrogen-bond acceptors (Lipinski definition) is 2. The van der Waals surface area contributed by atoms with E-state index in [9.17, 15) is 5.11 Å². The lowest BCUT2D eigenvalue weighted by Gasteiger charge is -2.56. The Hall–Kier alpha value is -2.06. The summed E-state index contributed by atoms with van der Waals surface area (Å²) in [6.07, 6.45) is 10.8. The van der Waals surface area contributed by atoms with Gasteiger partial charge in [0.05, 0.1) is 0 Å². The monoisotopic (exact) mass is 361 g/mol. The molecular formula is C25H31NO. The Morgan fingerprint density at radius 2 is 1.96 bits per heavy atom. The number of phenols is 1.